The van der Waals surface area contributed by atoms with Crippen LogP contribution in [-0.4, -0.2) is 48.8 Å². The second-order valence-electron chi connectivity index (χ2n) is 6.42. The molecule has 0 radical (unpaired) electrons. The van der Waals surface area contributed by atoms with E-state index >= 15 is 0 Å². The number of hydrogen-bond acceptors (Lipinski definition) is 3. The molecule has 3 atom stereocenters. The molecule has 0 aliphatic heterocycles. The minimum atomic E-state index is -0.112. The predicted molar refractivity (Wildman–Crippen MR) is 73.1 cm³/mol. The van der Waals surface area contributed by atoms with Gasteiger partial charge in [-0.3, -0.25) is 4.90 Å². The fraction of sp³-hybridized carbons (Fsp3) is 1.00. The van der Waals surface area contributed by atoms with E-state index in [9.17, 15) is 5.11 Å². The van der Waals surface area contributed by atoms with Gasteiger partial charge in [-0.15, -0.1) is 0 Å². The lowest BCUT2D eigenvalue weighted by Crippen LogP contribution is -2.50. The van der Waals surface area contributed by atoms with Crippen LogP contribution < -0.4 is 5.32 Å². The quantitative estimate of drug-likeness (QED) is 0.770. The Morgan fingerprint density at radius 2 is 2.00 bits per heavy atom. The number of hydrogen-bond donors (Lipinski definition) is 2. The van der Waals surface area contributed by atoms with Gasteiger partial charge in [0.25, 0.3) is 0 Å². The van der Waals surface area contributed by atoms with E-state index in [0.29, 0.717) is 12.0 Å². The Morgan fingerprint density at radius 3 is 2.53 bits per heavy atom. The number of rotatable bonds is 5. The Balaban J connectivity index is 2.58. The van der Waals surface area contributed by atoms with Crippen LogP contribution in [0.15, 0.2) is 0 Å². The smallest absolute Gasteiger partial charge is 0.0609 e. The summed E-state index contributed by atoms with van der Waals surface area (Å²) >= 11 is 0. The summed E-state index contributed by atoms with van der Waals surface area (Å²) < 4.78 is 0. The summed E-state index contributed by atoms with van der Waals surface area (Å²) in [5, 5.41) is 12.9. The summed E-state index contributed by atoms with van der Waals surface area (Å²) in [5.41, 5.74) is -0.112. The highest BCUT2D eigenvalue weighted by atomic mass is 16.3. The van der Waals surface area contributed by atoms with Crippen molar-refractivity contribution >= 4 is 0 Å². The summed E-state index contributed by atoms with van der Waals surface area (Å²) in [4.78, 5) is 2.31. The molecule has 0 aromatic carbocycles. The lowest BCUT2D eigenvalue weighted by molar-refractivity contribution is 0.0499. The number of aliphatic hydroxyl groups excluding tert-OH is 1. The van der Waals surface area contributed by atoms with Crippen molar-refractivity contribution in [1.82, 2.24) is 10.2 Å². The predicted octanol–water partition coefficient (Wildman–Crippen LogP) is 1.71. The minimum Gasteiger partial charge on any atom is -0.394 e. The molecule has 0 heterocycles. The first-order chi connectivity index (χ1) is 7.90. The average molecular weight is 242 g/mol. The maximum Gasteiger partial charge on any atom is 0.0609 e. The lowest BCUT2D eigenvalue weighted by atomic mass is 9.78. The second-order valence-corrected chi connectivity index (χ2v) is 6.42. The molecule has 17 heavy (non-hydrogen) atoms. The fourth-order valence-electron chi connectivity index (χ4n) is 2.80. The van der Waals surface area contributed by atoms with Crippen molar-refractivity contribution < 1.29 is 5.11 Å². The molecule has 0 spiro atoms. The summed E-state index contributed by atoms with van der Waals surface area (Å²) in [7, 11) is 4.20. The van der Waals surface area contributed by atoms with E-state index in [1.165, 1.54) is 19.3 Å². The van der Waals surface area contributed by atoms with Gasteiger partial charge < -0.3 is 10.4 Å². The second kappa shape index (κ2) is 6.17. The van der Waals surface area contributed by atoms with Gasteiger partial charge in [-0.05, 0) is 59.0 Å². The number of likely N-dealkylation sites (N-methyl/N-ethyl adjacent to an activating group) is 1. The molecular formula is C14H30N2O. The van der Waals surface area contributed by atoms with Crippen molar-refractivity contribution in [3.8, 4) is 0 Å². The Hall–Kier alpha value is -0.120. The molecular weight excluding hydrogens is 212 g/mol. The third kappa shape index (κ3) is 3.94. The van der Waals surface area contributed by atoms with Gasteiger partial charge in [-0.25, -0.2) is 0 Å². The first-order valence-electron chi connectivity index (χ1n) is 6.90. The zero-order valence-corrected chi connectivity index (χ0v) is 12.2. The van der Waals surface area contributed by atoms with Crippen LogP contribution in [0.25, 0.3) is 0 Å². The highest BCUT2D eigenvalue weighted by Gasteiger charge is 2.31. The number of nitrogens with zero attached hydrogens (tertiary/aromatic N) is 1. The third-order valence-electron chi connectivity index (χ3n) is 4.54. The molecule has 1 aliphatic carbocycles. The van der Waals surface area contributed by atoms with Gasteiger partial charge in [-0.1, -0.05) is 6.92 Å². The van der Waals surface area contributed by atoms with Crippen LogP contribution in [0.4, 0.5) is 0 Å². The Morgan fingerprint density at radius 1 is 1.35 bits per heavy atom. The van der Waals surface area contributed by atoms with E-state index in [2.05, 4.69) is 45.1 Å². The standard InChI is InChI=1S/C14H30N2O/c1-11-6-7-13(15-4)12(8-11)9-16(5)14(2,3)10-17/h11-13,15,17H,6-10H2,1-5H3. The zero-order valence-electron chi connectivity index (χ0n) is 12.2. The van der Waals surface area contributed by atoms with Crippen LogP contribution in [0.1, 0.15) is 40.0 Å². The normalized spacial score (nSPS) is 30.9. The molecule has 2 N–H and O–H groups in total. The fourth-order valence-corrected chi connectivity index (χ4v) is 2.80. The zero-order chi connectivity index (χ0) is 13.1. The van der Waals surface area contributed by atoms with Gasteiger partial charge in [-0.2, -0.15) is 0 Å². The van der Waals surface area contributed by atoms with Gasteiger partial charge in [0.05, 0.1) is 6.61 Å². The highest BCUT2D eigenvalue weighted by molar-refractivity contribution is 4.87. The van der Waals surface area contributed by atoms with E-state index in [1.807, 2.05) is 0 Å². The van der Waals surface area contributed by atoms with Gasteiger partial charge in [0, 0.05) is 18.1 Å². The number of aliphatic hydroxyl groups is 1. The Labute approximate surface area is 107 Å². The van der Waals surface area contributed by atoms with Crippen LogP contribution in [0.2, 0.25) is 0 Å². The van der Waals surface area contributed by atoms with E-state index in [-0.39, 0.29) is 12.1 Å². The molecule has 0 saturated heterocycles. The Bertz CT molecular complexity index is 230. The van der Waals surface area contributed by atoms with E-state index in [0.717, 1.165) is 12.5 Å². The minimum absolute atomic E-state index is 0.112. The highest BCUT2D eigenvalue weighted by Crippen LogP contribution is 2.30. The molecule has 0 amide bonds. The first kappa shape index (κ1) is 14.9. The SMILES string of the molecule is CNC1CCC(C)CC1CN(C)C(C)(C)CO. The van der Waals surface area contributed by atoms with E-state index in [1.54, 1.807) is 0 Å². The van der Waals surface area contributed by atoms with Gasteiger partial charge >= 0.3 is 0 Å². The molecule has 3 heteroatoms. The van der Waals surface area contributed by atoms with Crippen LogP contribution in [0.3, 0.4) is 0 Å². The molecule has 102 valence electrons. The maximum atomic E-state index is 9.41. The number of nitrogens with one attached hydrogen (secondary N) is 1. The van der Waals surface area contributed by atoms with Gasteiger partial charge in [0.2, 0.25) is 0 Å². The molecule has 1 rings (SSSR count). The van der Waals surface area contributed by atoms with Crippen LogP contribution >= 0.6 is 0 Å². The molecule has 0 bridgehead atoms. The molecule has 0 aromatic heterocycles. The summed E-state index contributed by atoms with van der Waals surface area (Å²) in [6, 6.07) is 0.642. The lowest BCUT2D eigenvalue weighted by Gasteiger charge is -2.41. The van der Waals surface area contributed by atoms with Crippen molar-refractivity contribution in [2.45, 2.75) is 51.6 Å². The maximum absolute atomic E-state index is 9.41. The topological polar surface area (TPSA) is 35.5 Å². The molecule has 1 fully saturated rings. The van der Waals surface area contributed by atoms with Crippen LogP contribution in [-0.2, 0) is 0 Å². The van der Waals surface area contributed by atoms with Crippen molar-refractivity contribution in [1.29, 1.82) is 0 Å². The van der Waals surface area contributed by atoms with Crippen molar-refractivity contribution in [3.63, 3.8) is 0 Å². The third-order valence-corrected chi connectivity index (χ3v) is 4.54. The van der Waals surface area contributed by atoms with E-state index < -0.39 is 0 Å². The van der Waals surface area contributed by atoms with Gasteiger partial charge in [0.1, 0.15) is 0 Å². The van der Waals surface area contributed by atoms with Crippen LogP contribution in [0.5, 0.6) is 0 Å². The largest absolute Gasteiger partial charge is 0.394 e. The van der Waals surface area contributed by atoms with E-state index in [4.69, 9.17) is 0 Å². The molecule has 1 saturated carbocycles. The first-order valence-corrected chi connectivity index (χ1v) is 6.90. The molecule has 3 nitrogen and oxygen atoms in total. The molecule has 3 unspecified atom stereocenters. The summed E-state index contributed by atoms with van der Waals surface area (Å²) in [6.45, 7) is 7.86. The Kier molecular flexibility index (Phi) is 5.42. The molecule has 1 aliphatic rings. The van der Waals surface area contributed by atoms with Crippen molar-refractivity contribution in [2.75, 3.05) is 27.2 Å². The average Bonchev–Trinajstić information content (AvgIpc) is 2.29. The van der Waals surface area contributed by atoms with Gasteiger partial charge in [0.15, 0.2) is 0 Å². The monoisotopic (exact) mass is 242 g/mol. The van der Waals surface area contributed by atoms with Crippen molar-refractivity contribution in [2.24, 2.45) is 11.8 Å². The molecule has 0 aromatic rings. The summed E-state index contributed by atoms with van der Waals surface area (Å²) in [6.07, 6.45) is 3.93. The van der Waals surface area contributed by atoms with Crippen LogP contribution in [0, 0.1) is 11.8 Å². The summed E-state index contributed by atoms with van der Waals surface area (Å²) in [5.74, 6) is 1.55. The van der Waals surface area contributed by atoms with Crippen molar-refractivity contribution in [3.05, 3.63) is 0 Å².